The number of likely N-dealkylation sites (tertiary alicyclic amines) is 1. The first-order valence-corrected chi connectivity index (χ1v) is 9.61. The number of carbonyl (C=O) groups is 1. The lowest BCUT2D eigenvalue weighted by molar-refractivity contribution is -0.0498. The van der Waals surface area contributed by atoms with Crippen LogP contribution in [0.15, 0.2) is 48.5 Å². The van der Waals surface area contributed by atoms with E-state index in [1.807, 2.05) is 23.1 Å². The molecular weight excluding hydrogens is 370 g/mol. The van der Waals surface area contributed by atoms with Crippen LogP contribution in [0.2, 0.25) is 0 Å². The Morgan fingerprint density at radius 1 is 1.11 bits per heavy atom. The van der Waals surface area contributed by atoms with Gasteiger partial charge in [-0.05, 0) is 49.2 Å². The molecule has 0 unspecified atom stereocenters. The molecule has 2 aromatic carbocycles. The predicted molar refractivity (Wildman–Crippen MR) is 101 cm³/mol. The van der Waals surface area contributed by atoms with E-state index in [2.05, 4.69) is 10.8 Å². The van der Waals surface area contributed by atoms with Gasteiger partial charge in [-0.1, -0.05) is 12.1 Å². The van der Waals surface area contributed by atoms with Crippen LogP contribution in [0.25, 0.3) is 10.2 Å². The van der Waals surface area contributed by atoms with Gasteiger partial charge in [0.25, 0.3) is 5.91 Å². The lowest BCUT2D eigenvalue weighted by atomic mass is 9.97. The minimum atomic E-state index is -2.87. The van der Waals surface area contributed by atoms with Gasteiger partial charge in [0.2, 0.25) is 0 Å². The molecule has 1 aromatic heterocycles. The highest BCUT2D eigenvalue weighted by Crippen LogP contribution is 2.34. The van der Waals surface area contributed by atoms with Crippen molar-refractivity contribution in [2.75, 3.05) is 13.1 Å². The maximum absolute atomic E-state index is 12.6. The summed E-state index contributed by atoms with van der Waals surface area (Å²) < 4.78 is 29.9. The third-order valence-electron chi connectivity index (χ3n) is 4.77. The molecule has 0 spiro atoms. The standard InChI is InChI=1S/C20H18F2N2O2S/c21-20(22)26-15-7-5-14(6-8-15)19(25)24-11-9-13(10-12-24)18-23-16-3-1-2-4-17(16)27-18/h1-8,13,20H,9-12H2. The molecule has 140 valence electrons. The van der Waals surface area contributed by atoms with E-state index in [4.69, 9.17) is 4.98 Å². The highest BCUT2D eigenvalue weighted by molar-refractivity contribution is 7.18. The van der Waals surface area contributed by atoms with Crippen LogP contribution in [0.4, 0.5) is 8.78 Å². The molecule has 1 amide bonds. The highest BCUT2D eigenvalue weighted by Gasteiger charge is 2.26. The molecule has 4 rings (SSSR count). The summed E-state index contributed by atoms with van der Waals surface area (Å²) in [5, 5.41) is 1.14. The number of thiazole rings is 1. The zero-order valence-corrected chi connectivity index (χ0v) is 15.3. The van der Waals surface area contributed by atoms with Crippen molar-refractivity contribution in [1.82, 2.24) is 9.88 Å². The summed E-state index contributed by atoms with van der Waals surface area (Å²) in [5.41, 5.74) is 1.51. The van der Waals surface area contributed by atoms with Gasteiger partial charge in [0.1, 0.15) is 5.75 Å². The zero-order chi connectivity index (χ0) is 18.8. The average Bonchev–Trinajstić information content (AvgIpc) is 3.12. The Morgan fingerprint density at radius 3 is 2.48 bits per heavy atom. The summed E-state index contributed by atoms with van der Waals surface area (Å²) in [6.07, 6.45) is 1.75. The van der Waals surface area contributed by atoms with Gasteiger partial charge in [0, 0.05) is 24.6 Å². The lowest BCUT2D eigenvalue weighted by Crippen LogP contribution is -2.37. The van der Waals surface area contributed by atoms with E-state index >= 15 is 0 Å². The SMILES string of the molecule is O=C(c1ccc(OC(F)F)cc1)N1CCC(c2nc3ccccc3s2)CC1. The summed E-state index contributed by atoms with van der Waals surface area (Å²) in [5.74, 6) is 0.339. The first-order valence-electron chi connectivity index (χ1n) is 8.80. The fourth-order valence-corrected chi connectivity index (χ4v) is 4.49. The van der Waals surface area contributed by atoms with Crippen LogP contribution in [-0.4, -0.2) is 35.5 Å². The second-order valence-electron chi connectivity index (χ2n) is 6.49. The van der Waals surface area contributed by atoms with E-state index in [0.29, 0.717) is 24.6 Å². The van der Waals surface area contributed by atoms with E-state index < -0.39 is 6.61 Å². The largest absolute Gasteiger partial charge is 0.435 e. The number of benzene rings is 2. The maximum atomic E-state index is 12.6. The topological polar surface area (TPSA) is 42.4 Å². The molecule has 0 bridgehead atoms. The van der Waals surface area contributed by atoms with Gasteiger partial charge in [0.05, 0.1) is 15.2 Å². The molecule has 2 heterocycles. The normalized spacial score (nSPS) is 15.4. The number of alkyl halides is 2. The third-order valence-corrected chi connectivity index (χ3v) is 5.97. The maximum Gasteiger partial charge on any atom is 0.387 e. The Hall–Kier alpha value is -2.54. The third kappa shape index (κ3) is 3.93. The predicted octanol–water partition coefficient (Wildman–Crippen LogP) is 4.92. The molecule has 1 aliphatic heterocycles. The number of hydrogen-bond acceptors (Lipinski definition) is 4. The van der Waals surface area contributed by atoms with Crippen molar-refractivity contribution in [3.63, 3.8) is 0 Å². The smallest absolute Gasteiger partial charge is 0.387 e. The Morgan fingerprint density at radius 2 is 1.81 bits per heavy atom. The summed E-state index contributed by atoms with van der Waals surface area (Å²) in [6, 6.07) is 14.0. The van der Waals surface area contributed by atoms with Crippen molar-refractivity contribution in [2.24, 2.45) is 0 Å². The zero-order valence-electron chi connectivity index (χ0n) is 14.5. The molecular formula is C20H18F2N2O2S. The molecule has 4 nitrogen and oxygen atoms in total. The van der Waals surface area contributed by atoms with E-state index in [0.717, 1.165) is 23.4 Å². The lowest BCUT2D eigenvalue weighted by Gasteiger charge is -2.31. The van der Waals surface area contributed by atoms with E-state index in [9.17, 15) is 13.6 Å². The van der Waals surface area contributed by atoms with Gasteiger partial charge < -0.3 is 9.64 Å². The van der Waals surface area contributed by atoms with Gasteiger partial charge in [-0.2, -0.15) is 8.78 Å². The number of nitrogens with zero attached hydrogens (tertiary/aromatic N) is 2. The number of para-hydroxylation sites is 1. The number of aromatic nitrogens is 1. The Balaban J connectivity index is 1.39. The molecule has 0 N–H and O–H groups in total. The van der Waals surface area contributed by atoms with Crippen LogP contribution in [0.1, 0.15) is 34.1 Å². The van der Waals surface area contributed by atoms with Crippen molar-refractivity contribution in [3.8, 4) is 5.75 Å². The van der Waals surface area contributed by atoms with Crippen molar-refractivity contribution < 1.29 is 18.3 Å². The van der Waals surface area contributed by atoms with Gasteiger partial charge >= 0.3 is 6.61 Å². The Bertz CT molecular complexity index is 902. The van der Waals surface area contributed by atoms with Crippen molar-refractivity contribution in [1.29, 1.82) is 0 Å². The highest BCUT2D eigenvalue weighted by atomic mass is 32.1. The van der Waals surface area contributed by atoms with Crippen LogP contribution >= 0.6 is 11.3 Å². The van der Waals surface area contributed by atoms with Crippen molar-refractivity contribution >= 4 is 27.5 Å². The number of amides is 1. The van der Waals surface area contributed by atoms with Crippen molar-refractivity contribution in [3.05, 3.63) is 59.1 Å². The molecule has 3 aromatic rings. The first kappa shape index (κ1) is 17.9. The minimum absolute atomic E-state index is 0.0519. The Kier molecular flexibility index (Phi) is 5.03. The molecule has 0 saturated carbocycles. The van der Waals surface area contributed by atoms with Crippen LogP contribution < -0.4 is 4.74 Å². The summed E-state index contributed by atoms with van der Waals surface area (Å²) in [7, 11) is 0. The minimum Gasteiger partial charge on any atom is -0.435 e. The summed E-state index contributed by atoms with van der Waals surface area (Å²) in [6.45, 7) is -1.54. The molecule has 1 saturated heterocycles. The molecule has 7 heteroatoms. The van der Waals surface area contributed by atoms with Crippen molar-refractivity contribution in [2.45, 2.75) is 25.4 Å². The second-order valence-corrected chi connectivity index (χ2v) is 7.55. The average molecular weight is 388 g/mol. The van der Waals surface area contributed by atoms with Crippen LogP contribution in [0.3, 0.4) is 0 Å². The van der Waals surface area contributed by atoms with Crippen LogP contribution in [0, 0.1) is 0 Å². The number of fused-ring (bicyclic) bond motifs is 1. The second kappa shape index (κ2) is 7.60. The Labute approximate surface area is 159 Å². The van der Waals surface area contributed by atoms with Crippen LogP contribution in [0.5, 0.6) is 5.75 Å². The van der Waals surface area contributed by atoms with Gasteiger partial charge in [0.15, 0.2) is 0 Å². The summed E-state index contributed by atoms with van der Waals surface area (Å²) in [4.78, 5) is 19.2. The van der Waals surface area contributed by atoms with E-state index in [1.54, 1.807) is 11.3 Å². The number of rotatable bonds is 4. The first-order chi connectivity index (χ1) is 13.1. The molecule has 27 heavy (non-hydrogen) atoms. The fraction of sp³-hybridized carbons (Fsp3) is 0.300. The summed E-state index contributed by atoms with van der Waals surface area (Å²) >= 11 is 1.73. The fourth-order valence-electron chi connectivity index (χ4n) is 3.36. The van der Waals surface area contributed by atoms with Gasteiger partial charge in [-0.3, -0.25) is 4.79 Å². The van der Waals surface area contributed by atoms with E-state index in [-0.39, 0.29) is 11.7 Å². The molecule has 0 aliphatic carbocycles. The number of hydrogen-bond donors (Lipinski definition) is 0. The molecule has 1 aliphatic rings. The molecule has 0 radical (unpaired) electrons. The number of halogens is 2. The van der Waals surface area contributed by atoms with Gasteiger partial charge in [-0.15, -0.1) is 11.3 Å². The van der Waals surface area contributed by atoms with E-state index in [1.165, 1.54) is 29.0 Å². The van der Waals surface area contributed by atoms with Gasteiger partial charge in [-0.25, -0.2) is 4.98 Å². The quantitative estimate of drug-likeness (QED) is 0.637. The number of piperidine rings is 1. The monoisotopic (exact) mass is 388 g/mol. The molecule has 0 atom stereocenters. The number of ether oxygens (including phenoxy) is 1. The molecule has 1 fully saturated rings. The number of carbonyl (C=O) groups excluding carboxylic acids is 1. The van der Waals surface area contributed by atoms with Crippen LogP contribution in [-0.2, 0) is 0 Å².